The van der Waals surface area contributed by atoms with E-state index in [0.717, 1.165) is 32.1 Å². The van der Waals surface area contributed by atoms with Crippen molar-refractivity contribution in [1.29, 1.82) is 0 Å². The fourth-order valence-electron chi connectivity index (χ4n) is 5.71. The summed E-state index contributed by atoms with van der Waals surface area (Å²) in [5, 5.41) is 25.0. The number of carbonyl (C=O) groups excluding carboxylic acids is 7. The lowest BCUT2D eigenvalue weighted by Gasteiger charge is -2.29. The Morgan fingerprint density at radius 3 is 1.60 bits per heavy atom. The maximum Gasteiger partial charge on any atom is 0.243 e. The first-order chi connectivity index (χ1) is 25.1. The van der Waals surface area contributed by atoms with Gasteiger partial charge in [0.05, 0.1) is 6.61 Å². The Kier molecular flexibility index (Phi) is 23.2. The van der Waals surface area contributed by atoms with E-state index in [1.807, 2.05) is 12.5 Å². The van der Waals surface area contributed by atoms with Crippen molar-refractivity contribution in [1.82, 2.24) is 31.9 Å². The summed E-state index contributed by atoms with van der Waals surface area (Å²) in [6, 6.07) is -6.67. The number of carbonyl (C=O) groups is 7. The van der Waals surface area contributed by atoms with E-state index < -0.39 is 78.3 Å². The molecule has 1 saturated carbocycles. The molecule has 0 bridgehead atoms. The summed E-state index contributed by atoms with van der Waals surface area (Å²) in [4.78, 5) is 94.5. The van der Waals surface area contributed by atoms with Gasteiger partial charge in [-0.25, -0.2) is 0 Å². The van der Waals surface area contributed by atoms with Crippen molar-refractivity contribution in [2.75, 3.05) is 37.2 Å². The van der Waals surface area contributed by atoms with Crippen molar-refractivity contribution in [3.8, 4) is 0 Å². The summed E-state index contributed by atoms with van der Waals surface area (Å²) in [7, 11) is 0. The zero-order chi connectivity index (χ0) is 39.9. The molecule has 53 heavy (non-hydrogen) atoms. The van der Waals surface area contributed by atoms with Crippen LogP contribution in [0.2, 0.25) is 0 Å². The van der Waals surface area contributed by atoms with Gasteiger partial charge in [0, 0.05) is 13.5 Å². The fraction of sp³-hybridized carbons (Fsp3) is 0.758. The topological polar surface area (TPSA) is 302 Å². The normalized spacial score (nSPS) is 16.3. The fourth-order valence-corrected chi connectivity index (χ4v) is 6.66. The lowest BCUT2D eigenvalue weighted by molar-refractivity contribution is -0.135. The van der Waals surface area contributed by atoms with Crippen molar-refractivity contribution in [2.45, 2.75) is 114 Å². The number of nitrogens with two attached hydrogens (primary N) is 3. The molecule has 0 aliphatic heterocycles. The van der Waals surface area contributed by atoms with Crippen LogP contribution in [0.3, 0.4) is 0 Å². The van der Waals surface area contributed by atoms with Crippen molar-refractivity contribution >= 4 is 70.8 Å². The predicted octanol–water partition coefficient (Wildman–Crippen LogP) is -2.06. The van der Waals surface area contributed by atoms with Gasteiger partial charge in [-0.3, -0.25) is 38.6 Å². The second-order valence-electron chi connectivity index (χ2n) is 13.1. The van der Waals surface area contributed by atoms with Gasteiger partial charge in [0.2, 0.25) is 41.4 Å². The molecule has 0 spiro atoms. The Morgan fingerprint density at radius 1 is 0.679 bits per heavy atom. The summed E-state index contributed by atoms with van der Waals surface area (Å²) in [5.41, 5.74) is 16.1. The highest BCUT2D eigenvalue weighted by atomic mass is 32.2. The first kappa shape index (κ1) is 47.2. The number of primary amides is 1. The monoisotopic (exact) mass is 788 g/mol. The molecule has 7 amide bonds. The predicted molar refractivity (Wildman–Crippen MR) is 206 cm³/mol. The minimum atomic E-state index is -1.34. The molecular formula is C33H60N10O8S2. The number of aliphatic hydroxyl groups excluding tert-OH is 1. The Hall–Kier alpha value is -3.78. The SMILES string of the molecule is CSCC[C@H](NC(=O)[C@H](CCSC)NC(=O)[C@H](CCCN=C(N)N)NC(=O)[C@H](CC1CCCCC1)NC(C)=O)C(=O)N[C@@H](C)C(=O)N[C@@H](CO)C(N)=O. The molecule has 0 aromatic rings. The van der Waals surface area contributed by atoms with E-state index >= 15 is 0 Å². The van der Waals surface area contributed by atoms with Gasteiger partial charge in [-0.1, -0.05) is 32.1 Å². The van der Waals surface area contributed by atoms with E-state index in [0.29, 0.717) is 24.3 Å². The zero-order valence-corrected chi connectivity index (χ0v) is 32.9. The number of rotatable bonds is 25. The highest BCUT2D eigenvalue weighted by Crippen LogP contribution is 2.27. The first-order valence-electron chi connectivity index (χ1n) is 17.9. The molecule has 0 heterocycles. The molecule has 1 rings (SSSR count). The van der Waals surface area contributed by atoms with E-state index in [2.05, 4.69) is 36.9 Å². The van der Waals surface area contributed by atoms with Crippen LogP contribution in [0.15, 0.2) is 4.99 Å². The lowest BCUT2D eigenvalue weighted by atomic mass is 9.84. The first-order valence-corrected chi connectivity index (χ1v) is 20.6. The van der Waals surface area contributed by atoms with Crippen LogP contribution < -0.4 is 49.1 Å². The standard InChI is InChI=1S/C33H60N10O8S2/c1-19(28(47)43-26(18-44)27(34)46)38-29(48)23(12-15-52-3)41-31(50)24(13-16-53-4)42-30(49)22(11-8-14-37-33(35)36)40-32(51)25(39-20(2)45)17-21-9-6-5-7-10-21/h19,21-26,44H,5-18H2,1-4H3,(H2,34,46)(H,38,48)(H,39,45)(H,40,51)(H,41,50)(H,42,49)(H,43,47)(H4,35,36,37)/t19-,22-,23-,24-,25-,26-/m0/s1. The van der Waals surface area contributed by atoms with Gasteiger partial charge in [-0.2, -0.15) is 23.5 Å². The average molecular weight is 789 g/mol. The maximum atomic E-state index is 13.8. The summed E-state index contributed by atoms with van der Waals surface area (Å²) in [6.45, 7) is 2.15. The van der Waals surface area contributed by atoms with E-state index in [9.17, 15) is 38.7 Å². The van der Waals surface area contributed by atoms with Crippen molar-refractivity contribution in [3.05, 3.63) is 0 Å². The van der Waals surface area contributed by atoms with Gasteiger partial charge in [-0.15, -0.1) is 0 Å². The molecule has 1 fully saturated rings. The quantitative estimate of drug-likeness (QED) is 0.0272. The molecule has 0 aromatic heterocycles. The van der Waals surface area contributed by atoms with Gasteiger partial charge in [0.15, 0.2) is 5.96 Å². The lowest BCUT2D eigenvalue weighted by Crippen LogP contribution is -2.59. The van der Waals surface area contributed by atoms with Crippen LogP contribution in [0.1, 0.15) is 78.1 Å². The molecule has 1 aliphatic rings. The number of aliphatic hydroxyl groups is 1. The number of hydrogen-bond donors (Lipinski definition) is 10. The van der Waals surface area contributed by atoms with Crippen LogP contribution >= 0.6 is 23.5 Å². The van der Waals surface area contributed by atoms with Crippen LogP contribution in [-0.2, 0) is 33.6 Å². The summed E-state index contributed by atoms with van der Waals surface area (Å²) in [5.74, 6) is -3.55. The third-order valence-electron chi connectivity index (χ3n) is 8.65. The molecule has 0 aromatic carbocycles. The van der Waals surface area contributed by atoms with Gasteiger partial charge in [0.1, 0.15) is 36.3 Å². The van der Waals surface area contributed by atoms with Crippen molar-refractivity contribution in [3.63, 3.8) is 0 Å². The summed E-state index contributed by atoms with van der Waals surface area (Å²) >= 11 is 2.87. The van der Waals surface area contributed by atoms with Gasteiger partial charge < -0.3 is 54.2 Å². The molecule has 20 heteroatoms. The largest absolute Gasteiger partial charge is 0.394 e. The van der Waals surface area contributed by atoms with E-state index in [-0.39, 0.29) is 43.6 Å². The molecule has 0 radical (unpaired) electrons. The van der Waals surface area contributed by atoms with Crippen LogP contribution in [0.25, 0.3) is 0 Å². The second kappa shape index (κ2) is 26.1. The average Bonchev–Trinajstić information content (AvgIpc) is 3.11. The molecule has 18 nitrogen and oxygen atoms in total. The smallest absolute Gasteiger partial charge is 0.243 e. The van der Waals surface area contributed by atoms with Crippen LogP contribution in [0, 0.1) is 5.92 Å². The third kappa shape index (κ3) is 19.2. The Balaban J connectivity index is 3.20. The Bertz CT molecular complexity index is 1250. The van der Waals surface area contributed by atoms with Crippen LogP contribution in [-0.4, -0.2) is 126 Å². The summed E-state index contributed by atoms with van der Waals surface area (Å²) < 4.78 is 0. The molecule has 1 aliphatic carbocycles. The Labute approximate surface area is 320 Å². The molecule has 302 valence electrons. The zero-order valence-electron chi connectivity index (χ0n) is 31.2. The minimum absolute atomic E-state index is 0.118. The van der Waals surface area contributed by atoms with E-state index in [1.165, 1.54) is 37.4 Å². The number of hydrogen-bond acceptors (Lipinski definition) is 11. The number of nitrogens with zero attached hydrogens (tertiary/aromatic N) is 1. The van der Waals surface area contributed by atoms with Crippen LogP contribution in [0.4, 0.5) is 0 Å². The number of guanidine groups is 1. The number of aliphatic imine (C=N–C) groups is 1. The molecule has 6 atom stereocenters. The van der Waals surface area contributed by atoms with Gasteiger partial charge in [0.25, 0.3) is 0 Å². The molecule has 0 unspecified atom stereocenters. The minimum Gasteiger partial charge on any atom is -0.394 e. The highest BCUT2D eigenvalue weighted by molar-refractivity contribution is 7.98. The van der Waals surface area contributed by atoms with Crippen molar-refractivity contribution in [2.24, 2.45) is 28.1 Å². The van der Waals surface area contributed by atoms with Gasteiger partial charge >= 0.3 is 0 Å². The number of thioether (sulfide) groups is 2. The second-order valence-corrected chi connectivity index (χ2v) is 15.0. The van der Waals surface area contributed by atoms with E-state index in [1.54, 1.807) is 0 Å². The maximum absolute atomic E-state index is 13.8. The number of amides is 7. The molecule has 13 N–H and O–H groups in total. The molecule has 0 saturated heterocycles. The number of nitrogens with one attached hydrogen (secondary N) is 6. The third-order valence-corrected chi connectivity index (χ3v) is 9.94. The van der Waals surface area contributed by atoms with Gasteiger partial charge in [-0.05, 0) is 69.0 Å². The highest BCUT2D eigenvalue weighted by Gasteiger charge is 2.33. The summed E-state index contributed by atoms with van der Waals surface area (Å²) in [6.07, 6.45) is 9.99. The van der Waals surface area contributed by atoms with Crippen molar-refractivity contribution < 1.29 is 38.7 Å². The van der Waals surface area contributed by atoms with E-state index in [4.69, 9.17) is 17.2 Å². The molecular weight excluding hydrogens is 729 g/mol. The van der Waals surface area contributed by atoms with Crippen LogP contribution in [0.5, 0.6) is 0 Å². The Morgan fingerprint density at radius 2 is 1.15 bits per heavy atom.